The van der Waals surface area contributed by atoms with Crippen LogP contribution >= 0.6 is 0 Å². The summed E-state index contributed by atoms with van der Waals surface area (Å²) in [5, 5.41) is 11.8. The molecule has 1 aromatic heterocycles. The average molecular weight is 309 g/mol. The van der Waals surface area contributed by atoms with Crippen LogP contribution in [0.5, 0.6) is 0 Å². The van der Waals surface area contributed by atoms with Gasteiger partial charge < -0.3 is 19.5 Å². The fraction of sp³-hybridized carbons (Fsp3) is 0.875. The van der Waals surface area contributed by atoms with E-state index in [1.165, 1.54) is 38.8 Å². The Kier molecular flexibility index (Phi) is 7.83. The molecule has 1 aliphatic heterocycles. The second-order valence-corrected chi connectivity index (χ2v) is 6.25. The molecule has 6 nitrogen and oxygen atoms in total. The molecule has 0 amide bonds. The monoisotopic (exact) mass is 309 g/mol. The SMILES string of the molecule is COCCn1cnnc1CCNC(C)CN1CCCCCC1. The number of hydrogen-bond acceptors (Lipinski definition) is 5. The van der Waals surface area contributed by atoms with Gasteiger partial charge in [-0.1, -0.05) is 12.8 Å². The number of ether oxygens (including phenoxy) is 1. The normalized spacial score (nSPS) is 18.3. The molecule has 1 saturated heterocycles. The fourth-order valence-corrected chi connectivity index (χ4v) is 3.05. The highest BCUT2D eigenvalue weighted by Crippen LogP contribution is 2.09. The smallest absolute Gasteiger partial charge is 0.134 e. The molecule has 0 aliphatic carbocycles. The summed E-state index contributed by atoms with van der Waals surface area (Å²) in [6, 6.07) is 0.522. The molecule has 0 aromatic carbocycles. The van der Waals surface area contributed by atoms with Gasteiger partial charge in [0.1, 0.15) is 12.2 Å². The van der Waals surface area contributed by atoms with Crippen molar-refractivity contribution in [1.82, 2.24) is 25.0 Å². The number of hydrogen-bond donors (Lipinski definition) is 1. The third kappa shape index (κ3) is 6.02. The van der Waals surface area contributed by atoms with Crippen LogP contribution in [0.15, 0.2) is 6.33 Å². The Bertz CT molecular complexity index is 401. The van der Waals surface area contributed by atoms with E-state index in [1.54, 1.807) is 13.4 Å². The van der Waals surface area contributed by atoms with Crippen molar-refractivity contribution in [3.05, 3.63) is 12.2 Å². The van der Waals surface area contributed by atoms with E-state index < -0.39 is 0 Å². The van der Waals surface area contributed by atoms with E-state index in [2.05, 4.69) is 31.9 Å². The summed E-state index contributed by atoms with van der Waals surface area (Å²) in [7, 11) is 1.72. The first-order valence-corrected chi connectivity index (χ1v) is 8.61. The maximum Gasteiger partial charge on any atom is 0.134 e. The molecule has 1 fully saturated rings. The topological polar surface area (TPSA) is 55.2 Å². The number of aromatic nitrogens is 3. The third-order valence-corrected chi connectivity index (χ3v) is 4.30. The second-order valence-electron chi connectivity index (χ2n) is 6.25. The summed E-state index contributed by atoms with van der Waals surface area (Å²) in [6.07, 6.45) is 8.21. The van der Waals surface area contributed by atoms with E-state index >= 15 is 0 Å². The number of nitrogens with zero attached hydrogens (tertiary/aromatic N) is 4. The molecule has 1 N–H and O–H groups in total. The zero-order valence-corrected chi connectivity index (χ0v) is 14.1. The van der Waals surface area contributed by atoms with Crippen LogP contribution in [0.4, 0.5) is 0 Å². The Hall–Kier alpha value is -0.980. The first-order chi connectivity index (χ1) is 10.8. The van der Waals surface area contributed by atoms with Crippen LogP contribution in [0.1, 0.15) is 38.4 Å². The highest BCUT2D eigenvalue weighted by Gasteiger charge is 2.12. The highest BCUT2D eigenvalue weighted by molar-refractivity contribution is 4.87. The van der Waals surface area contributed by atoms with Crippen molar-refractivity contribution in [1.29, 1.82) is 0 Å². The molecule has 22 heavy (non-hydrogen) atoms. The van der Waals surface area contributed by atoms with Crippen molar-refractivity contribution in [3.8, 4) is 0 Å². The molecule has 1 unspecified atom stereocenters. The van der Waals surface area contributed by atoms with Crippen LogP contribution in [0.2, 0.25) is 0 Å². The van der Waals surface area contributed by atoms with Gasteiger partial charge in [-0.05, 0) is 32.9 Å². The maximum absolute atomic E-state index is 5.11. The Labute approximate surface area is 134 Å². The van der Waals surface area contributed by atoms with E-state index in [4.69, 9.17) is 4.74 Å². The Morgan fingerprint density at radius 2 is 2.05 bits per heavy atom. The summed E-state index contributed by atoms with van der Waals surface area (Å²) < 4.78 is 7.18. The number of rotatable bonds is 9. The van der Waals surface area contributed by atoms with Crippen LogP contribution in [0, 0.1) is 0 Å². The first kappa shape index (κ1) is 17.4. The van der Waals surface area contributed by atoms with Crippen LogP contribution in [0.25, 0.3) is 0 Å². The zero-order valence-electron chi connectivity index (χ0n) is 14.1. The molecule has 2 heterocycles. The molecular weight excluding hydrogens is 278 g/mol. The van der Waals surface area contributed by atoms with Gasteiger partial charge in [0.2, 0.25) is 0 Å². The van der Waals surface area contributed by atoms with Gasteiger partial charge in [-0.15, -0.1) is 10.2 Å². The molecule has 0 spiro atoms. The predicted molar refractivity (Wildman–Crippen MR) is 88.0 cm³/mol. The van der Waals surface area contributed by atoms with E-state index in [9.17, 15) is 0 Å². The number of likely N-dealkylation sites (tertiary alicyclic amines) is 1. The van der Waals surface area contributed by atoms with Crippen molar-refractivity contribution in [2.75, 3.05) is 39.9 Å². The van der Waals surface area contributed by atoms with Crippen molar-refractivity contribution < 1.29 is 4.74 Å². The molecule has 126 valence electrons. The van der Waals surface area contributed by atoms with Crippen molar-refractivity contribution in [2.24, 2.45) is 0 Å². The summed E-state index contributed by atoms with van der Waals surface area (Å²) in [4.78, 5) is 2.60. The van der Waals surface area contributed by atoms with Gasteiger partial charge in [0, 0.05) is 39.2 Å². The van der Waals surface area contributed by atoms with Crippen LogP contribution in [0.3, 0.4) is 0 Å². The standard InChI is InChI=1S/C16H31N5O/c1-15(13-20-9-5-3-4-6-10-20)17-8-7-16-19-18-14-21(16)11-12-22-2/h14-15,17H,3-13H2,1-2H3. The minimum Gasteiger partial charge on any atom is -0.383 e. The molecule has 0 saturated carbocycles. The van der Waals surface area contributed by atoms with Crippen molar-refractivity contribution in [2.45, 2.75) is 51.6 Å². The minimum absolute atomic E-state index is 0.522. The Morgan fingerprint density at radius 1 is 1.27 bits per heavy atom. The van der Waals surface area contributed by atoms with Crippen molar-refractivity contribution in [3.63, 3.8) is 0 Å². The van der Waals surface area contributed by atoms with Gasteiger partial charge in [-0.2, -0.15) is 0 Å². The van der Waals surface area contributed by atoms with Gasteiger partial charge in [0.15, 0.2) is 0 Å². The second kappa shape index (κ2) is 9.92. The van der Waals surface area contributed by atoms with Crippen LogP contribution < -0.4 is 5.32 Å². The molecular formula is C16H31N5O. The van der Waals surface area contributed by atoms with Gasteiger partial charge in [0.05, 0.1) is 6.61 Å². The lowest BCUT2D eigenvalue weighted by atomic mass is 10.2. The van der Waals surface area contributed by atoms with Crippen molar-refractivity contribution >= 4 is 0 Å². The van der Waals surface area contributed by atoms with E-state index in [0.717, 1.165) is 31.9 Å². The van der Waals surface area contributed by atoms with E-state index in [0.29, 0.717) is 12.6 Å². The van der Waals surface area contributed by atoms with Gasteiger partial charge in [0.25, 0.3) is 0 Å². The summed E-state index contributed by atoms with van der Waals surface area (Å²) >= 11 is 0. The van der Waals surface area contributed by atoms with Gasteiger partial charge in [-0.3, -0.25) is 0 Å². The van der Waals surface area contributed by atoms with Crippen LogP contribution in [-0.4, -0.2) is 65.6 Å². The zero-order chi connectivity index (χ0) is 15.6. The molecule has 1 atom stereocenters. The van der Waals surface area contributed by atoms with Crippen LogP contribution in [-0.2, 0) is 17.7 Å². The first-order valence-electron chi connectivity index (χ1n) is 8.61. The number of nitrogens with one attached hydrogen (secondary N) is 1. The molecule has 2 rings (SSSR count). The van der Waals surface area contributed by atoms with E-state index in [1.807, 2.05) is 0 Å². The molecule has 1 aliphatic rings. The lowest BCUT2D eigenvalue weighted by Gasteiger charge is -2.24. The Balaban J connectivity index is 1.66. The lowest BCUT2D eigenvalue weighted by molar-refractivity contribution is 0.186. The number of methoxy groups -OCH3 is 1. The van der Waals surface area contributed by atoms with Gasteiger partial charge in [-0.25, -0.2) is 0 Å². The summed E-state index contributed by atoms with van der Waals surface area (Å²) in [6.45, 7) is 8.41. The largest absolute Gasteiger partial charge is 0.383 e. The Morgan fingerprint density at radius 3 is 2.77 bits per heavy atom. The summed E-state index contributed by atoms with van der Waals surface area (Å²) in [5.74, 6) is 1.03. The predicted octanol–water partition coefficient (Wildman–Crippen LogP) is 1.32. The van der Waals surface area contributed by atoms with E-state index in [-0.39, 0.29) is 0 Å². The lowest BCUT2D eigenvalue weighted by Crippen LogP contribution is -2.40. The maximum atomic E-state index is 5.11. The van der Waals surface area contributed by atoms with Gasteiger partial charge >= 0.3 is 0 Å². The minimum atomic E-state index is 0.522. The molecule has 0 radical (unpaired) electrons. The average Bonchev–Trinajstić information content (AvgIpc) is 2.79. The highest BCUT2D eigenvalue weighted by atomic mass is 16.5. The molecule has 1 aromatic rings. The quantitative estimate of drug-likeness (QED) is 0.745. The molecule has 0 bridgehead atoms. The fourth-order valence-electron chi connectivity index (χ4n) is 3.05. The summed E-state index contributed by atoms with van der Waals surface area (Å²) in [5.41, 5.74) is 0. The third-order valence-electron chi connectivity index (χ3n) is 4.30. The molecule has 6 heteroatoms.